The molecule has 3 nitrogen and oxygen atoms in total. The number of benzene rings is 2. The molecule has 0 radical (unpaired) electrons. The molecule has 148 valence electrons. The molecule has 0 spiro atoms. The third kappa shape index (κ3) is 4.78. The lowest BCUT2D eigenvalue weighted by Crippen LogP contribution is -2.25. The van der Waals surface area contributed by atoms with Gasteiger partial charge < -0.3 is 4.90 Å². The summed E-state index contributed by atoms with van der Waals surface area (Å²) in [4.78, 5) is 26.8. The molecule has 0 atom stereocenters. The topological polar surface area (TPSA) is 37.4 Å². The Labute approximate surface area is 169 Å². The number of carbonyl (C=O) groups is 2. The van der Waals surface area contributed by atoms with Crippen molar-refractivity contribution < 1.29 is 9.59 Å². The molecule has 0 aromatic heterocycles. The second kappa shape index (κ2) is 9.01. The molecule has 28 heavy (non-hydrogen) atoms. The monoisotopic (exact) mass is 377 g/mol. The minimum Gasteiger partial charge on any atom is -0.372 e. The number of anilines is 1. The van der Waals surface area contributed by atoms with Crippen LogP contribution >= 0.6 is 0 Å². The molecular formula is C25H31NO2. The molecule has 0 fully saturated rings. The van der Waals surface area contributed by atoms with Gasteiger partial charge in [0.05, 0.1) is 0 Å². The SMILES string of the molecule is CCN(CC)c1ccc(/C=C(\C)C(C)(C)C(=O)c2ccc(C(C)=O)cc2)cc1. The maximum absolute atomic E-state index is 13.1. The van der Waals surface area contributed by atoms with E-state index in [-0.39, 0.29) is 11.6 Å². The number of ketones is 2. The highest BCUT2D eigenvalue weighted by molar-refractivity contribution is 6.03. The van der Waals surface area contributed by atoms with E-state index in [0.717, 1.165) is 24.2 Å². The molecule has 2 aromatic rings. The Hall–Kier alpha value is -2.68. The van der Waals surface area contributed by atoms with Gasteiger partial charge in [0.25, 0.3) is 0 Å². The second-order valence-corrected chi connectivity index (χ2v) is 7.68. The highest BCUT2D eigenvalue weighted by Gasteiger charge is 2.30. The van der Waals surface area contributed by atoms with Crippen LogP contribution in [0, 0.1) is 5.41 Å². The largest absolute Gasteiger partial charge is 0.372 e. The van der Waals surface area contributed by atoms with Gasteiger partial charge in [-0.1, -0.05) is 48.0 Å². The standard InChI is InChI=1S/C25H31NO2/c1-7-26(8-2)23-15-9-20(10-16-23)17-18(3)25(5,6)24(28)22-13-11-21(12-14-22)19(4)27/h9-17H,7-8H2,1-6H3/b18-17+. The lowest BCUT2D eigenvalue weighted by atomic mass is 9.77. The van der Waals surface area contributed by atoms with E-state index in [1.165, 1.54) is 12.6 Å². The van der Waals surface area contributed by atoms with Gasteiger partial charge in [0.1, 0.15) is 0 Å². The Morgan fingerprint density at radius 3 is 1.82 bits per heavy atom. The normalized spacial score (nSPS) is 12.0. The minimum absolute atomic E-state index is 0.00231. The number of carbonyl (C=O) groups excluding carboxylic acids is 2. The van der Waals surface area contributed by atoms with E-state index >= 15 is 0 Å². The van der Waals surface area contributed by atoms with Crippen LogP contribution < -0.4 is 4.90 Å². The van der Waals surface area contributed by atoms with Crippen LogP contribution in [0.1, 0.15) is 67.8 Å². The highest BCUT2D eigenvalue weighted by Crippen LogP contribution is 2.32. The quantitative estimate of drug-likeness (QED) is 0.526. The fraction of sp³-hybridized carbons (Fsp3) is 0.360. The summed E-state index contributed by atoms with van der Waals surface area (Å²) >= 11 is 0. The van der Waals surface area contributed by atoms with Crippen LogP contribution in [0.2, 0.25) is 0 Å². The van der Waals surface area contributed by atoms with Crippen molar-refractivity contribution in [3.05, 3.63) is 70.8 Å². The van der Waals surface area contributed by atoms with Gasteiger partial charge in [-0.25, -0.2) is 0 Å². The van der Waals surface area contributed by atoms with Gasteiger partial charge in [-0.15, -0.1) is 0 Å². The van der Waals surface area contributed by atoms with Crippen LogP contribution in [-0.4, -0.2) is 24.7 Å². The maximum Gasteiger partial charge on any atom is 0.172 e. The van der Waals surface area contributed by atoms with Crippen LogP contribution in [0.15, 0.2) is 54.1 Å². The summed E-state index contributed by atoms with van der Waals surface area (Å²) in [6.45, 7) is 13.7. The van der Waals surface area contributed by atoms with E-state index in [2.05, 4.69) is 49.1 Å². The summed E-state index contributed by atoms with van der Waals surface area (Å²) in [7, 11) is 0. The van der Waals surface area contributed by atoms with Crippen molar-refractivity contribution in [2.24, 2.45) is 5.41 Å². The molecule has 0 bridgehead atoms. The van der Waals surface area contributed by atoms with Crippen molar-refractivity contribution in [3.63, 3.8) is 0 Å². The molecule has 2 aromatic carbocycles. The first kappa shape index (κ1) is 21.6. The van der Waals surface area contributed by atoms with Gasteiger partial charge in [-0.3, -0.25) is 9.59 Å². The van der Waals surface area contributed by atoms with Gasteiger partial charge in [0.15, 0.2) is 11.6 Å². The molecule has 0 unspecified atom stereocenters. The Balaban J connectivity index is 2.23. The molecule has 0 saturated heterocycles. The van der Waals surface area contributed by atoms with E-state index in [4.69, 9.17) is 0 Å². The number of hydrogen-bond donors (Lipinski definition) is 0. The van der Waals surface area contributed by atoms with E-state index in [1.54, 1.807) is 24.3 Å². The van der Waals surface area contributed by atoms with E-state index in [9.17, 15) is 9.59 Å². The van der Waals surface area contributed by atoms with Gasteiger partial charge >= 0.3 is 0 Å². The summed E-state index contributed by atoms with van der Waals surface area (Å²) in [5, 5.41) is 0. The summed E-state index contributed by atoms with van der Waals surface area (Å²) in [6.07, 6.45) is 2.08. The average molecular weight is 378 g/mol. The Morgan fingerprint density at radius 1 is 0.857 bits per heavy atom. The van der Waals surface area contributed by atoms with Crippen molar-refractivity contribution >= 4 is 23.3 Å². The van der Waals surface area contributed by atoms with E-state index < -0.39 is 5.41 Å². The fourth-order valence-electron chi connectivity index (χ4n) is 3.20. The first-order valence-electron chi connectivity index (χ1n) is 9.90. The van der Waals surface area contributed by atoms with Gasteiger partial charge in [0, 0.05) is 35.3 Å². The minimum atomic E-state index is -0.630. The number of Topliss-reactive ketones (excluding diaryl/α,β-unsaturated/α-hetero) is 2. The van der Waals surface area contributed by atoms with Crippen LogP contribution in [0.3, 0.4) is 0 Å². The Morgan fingerprint density at radius 2 is 1.36 bits per heavy atom. The molecule has 0 heterocycles. The zero-order valence-corrected chi connectivity index (χ0v) is 17.9. The van der Waals surface area contributed by atoms with Crippen LogP contribution in [0.25, 0.3) is 6.08 Å². The fourth-order valence-corrected chi connectivity index (χ4v) is 3.20. The lowest BCUT2D eigenvalue weighted by Gasteiger charge is -2.25. The molecule has 0 amide bonds. The van der Waals surface area contributed by atoms with E-state index in [0.29, 0.717) is 11.1 Å². The number of rotatable bonds is 8. The molecular weight excluding hydrogens is 346 g/mol. The van der Waals surface area contributed by atoms with Gasteiger partial charge in [-0.2, -0.15) is 0 Å². The first-order chi connectivity index (χ1) is 13.2. The molecule has 3 heteroatoms. The molecule has 0 aliphatic heterocycles. The summed E-state index contributed by atoms with van der Waals surface area (Å²) in [5.41, 5.74) is 3.91. The smallest absolute Gasteiger partial charge is 0.172 e. The van der Waals surface area contributed by atoms with Crippen LogP contribution in [0.4, 0.5) is 5.69 Å². The predicted molar refractivity (Wildman–Crippen MR) is 118 cm³/mol. The van der Waals surface area contributed by atoms with Gasteiger partial charge in [-0.05, 0) is 59.2 Å². The predicted octanol–water partition coefficient (Wildman–Crippen LogP) is 6.05. The van der Waals surface area contributed by atoms with Crippen molar-refractivity contribution in [2.75, 3.05) is 18.0 Å². The van der Waals surface area contributed by atoms with E-state index in [1.807, 2.05) is 20.8 Å². The second-order valence-electron chi connectivity index (χ2n) is 7.68. The van der Waals surface area contributed by atoms with Crippen molar-refractivity contribution in [1.29, 1.82) is 0 Å². The van der Waals surface area contributed by atoms with Crippen molar-refractivity contribution in [1.82, 2.24) is 0 Å². The summed E-state index contributed by atoms with van der Waals surface area (Å²) in [6, 6.07) is 15.4. The molecule has 0 aliphatic carbocycles. The zero-order chi connectivity index (χ0) is 20.9. The number of allylic oxidation sites excluding steroid dienone is 1. The first-order valence-corrected chi connectivity index (χ1v) is 9.90. The summed E-state index contributed by atoms with van der Waals surface area (Å²) < 4.78 is 0. The molecule has 0 saturated carbocycles. The maximum atomic E-state index is 13.1. The molecule has 0 N–H and O–H groups in total. The van der Waals surface area contributed by atoms with Gasteiger partial charge in [0.2, 0.25) is 0 Å². The zero-order valence-electron chi connectivity index (χ0n) is 17.9. The number of nitrogens with zero attached hydrogens (tertiary/aromatic N) is 1. The molecule has 2 rings (SSSR count). The van der Waals surface area contributed by atoms with Crippen molar-refractivity contribution in [2.45, 2.75) is 41.5 Å². The van der Waals surface area contributed by atoms with Crippen molar-refractivity contribution in [3.8, 4) is 0 Å². The Kier molecular flexibility index (Phi) is 6.95. The molecule has 0 aliphatic rings. The lowest BCUT2D eigenvalue weighted by molar-refractivity contribution is 0.0875. The summed E-state index contributed by atoms with van der Waals surface area (Å²) in [5.74, 6) is 0.0543. The Bertz CT molecular complexity index is 854. The third-order valence-electron chi connectivity index (χ3n) is 5.51. The number of hydrogen-bond acceptors (Lipinski definition) is 3. The average Bonchev–Trinajstić information content (AvgIpc) is 2.69. The third-order valence-corrected chi connectivity index (χ3v) is 5.51. The van der Waals surface area contributed by atoms with Crippen LogP contribution in [0.5, 0.6) is 0 Å². The highest BCUT2D eigenvalue weighted by atomic mass is 16.1. The van der Waals surface area contributed by atoms with Crippen LogP contribution in [-0.2, 0) is 0 Å².